The fourth-order valence-corrected chi connectivity index (χ4v) is 3.26. The average molecular weight is 377 g/mol. The van der Waals surface area contributed by atoms with Crippen molar-refractivity contribution in [2.24, 2.45) is 5.41 Å². The molecule has 1 aromatic carbocycles. The van der Waals surface area contributed by atoms with E-state index in [0.29, 0.717) is 9.00 Å². The molecular formula is C14H14Cl2N2O4S. The molecule has 2 aromatic rings. The second-order valence-corrected chi connectivity index (χ2v) is 8.05. The number of rotatable bonds is 4. The Morgan fingerprint density at radius 2 is 1.74 bits per heavy atom. The quantitative estimate of drug-likeness (QED) is 0.767. The lowest BCUT2D eigenvalue weighted by Gasteiger charge is -2.18. The molecule has 0 saturated heterocycles. The number of halogens is 2. The van der Waals surface area contributed by atoms with Gasteiger partial charge in [0.1, 0.15) is 0 Å². The van der Waals surface area contributed by atoms with Crippen LogP contribution in [-0.2, 0) is 10.0 Å². The van der Waals surface area contributed by atoms with Crippen LogP contribution in [0.1, 0.15) is 18.6 Å². The van der Waals surface area contributed by atoms with Gasteiger partial charge in [0.2, 0.25) is 5.91 Å². The number of carbonyl (C=O) groups excluding carboxylic acids is 1. The summed E-state index contributed by atoms with van der Waals surface area (Å²) in [6.07, 6.45) is 2.15. The van der Waals surface area contributed by atoms with Gasteiger partial charge in [0.05, 0.1) is 10.3 Å². The highest BCUT2D eigenvalue weighted by atomic mass is 35.5. The Kier molecular flexibility index (Phi) is 4.75. The fourth-order valence-electron chi connectivity index (χ4n) is 1.80. The van der Waals surface area contributed by atoms with Crippen LogP contribution in [0.25, 0.3) is 0 Å². The second kappa shape index (κ2) is 6.14. The number of imidazole rings is 1. The molecule has 0 N–H and O–H groups in total. The molecule has 2 rings (SSSR count). The Labute approximate surface area is 143 Å². The van der Waals surface area contributed by atoms with Crippen LogP contribution in [0, 0.1) is 5.41 Å². The van der Waals surface area contributed by atoms with E-state index >= 15 is 0 Å². The van der Waals surface area contributed by atoms with Crippen molar-refractivity contribution in [1.29, 1.82) is 0 Å². The van der Waals surface area contributed by atoms with E-state index in [1.54, 1.807) is 13.8 Å². The molecule has 0 aliphatic heterocycles. The van der Waals surface area contributed by atoms with E-state index in [-0.39, 0.29) is 10.8 Å². The number of benzene rings is 1. The van der Waals surface area contributed by atoms with Crippen molar-refractivity contribution in [3.05, 3.63) is 52.2 Å². The molecule has 23 heavy (non-hydrogen) atoms. The zero-order valence-electron chi connectivity index (χ0n) is 12.4. The van der Waals surface area contributed by atoms with Gasteiger partial charge >= 0.3 is 5.69 Å². The summed E-state index contributed by atoms with van der Waals surface area (Å²) in [6.45, 7) is 3.14. The van der Waals surface area contributed by atoms with E-state index in [9.17, 15) is 18.0 Å². The lowest BCUT2D eigenvalue weighted by molar-refractivity contribution is 0.0766. The third kappa shape index (κ3) is 3.22. The molecule has 1 aromatic heterocycles. The van der Waals surface area contributed by atoms with E-state index in [0.717, 1.165) is 17.0 Å². The predicted molar refractivity (Wildman–Crippen MR) is 87.9 cm³/mol. The molecule has 0 spiro atoms. The molecule has 9 heteroatoms. The monoisotopic (exact) mass is 376 g/mol. The molecule has 0 bridgehead atoms. The summed E-state index contributed by atoms with van der Waals surface area (Å²) < 4.78 is 26.2. The van der Waals surface area contributed by atoms with Crippen molar-refractivity contribution in [3.63, 3.8) is 0 Å². The number of carbonyl (C=O) groups is 1. The molecular weight excluding hydrogens is 363 g/mol. The Hall–Kier alpha value is -1.57. The summed E-state index contributed by atoms with van der Waals surface area (Å²) in [5.41, 5.74) is -1.97. The number of nitrogens with zero attached hydrogens (tertiary/aromatic N) is 2. The summed E-state index contributed by atoms with van der Waals surface area (Å²) >= 11 is 11.5. The first-order chi connectivity index (χ1) is 10.6. The van der Waals surface area contributed by atoms with Gasteiger partial charge in [-0.2, -0.15) is 3.97 Å². The van der Waals surface area contributed by atoms with E-state index in [1.807, 2.05) is 0 Å². The van der Waals surface area contributed by atoms with Gasteiger partial charge in [-0.05, 0) is 38.1 Å². The third-order valence-corrected chi connectivity index (χ3v) is 5.83. The molecule has 1 heterocycles. The third-order valence-electron chi connectivity index (χ3n) is 3.25. The second-order valence-electron chi connectivity index (χ2n) is 5.53. The molecule has 0 saturated carbocycles. The largest absolute Gasteiger partial charge is 0.349 e. The minimum atomic E-state index is -4.11. The van der Waals surface area contributed by atoms with E-state index in [4.69, 9.17) is 23.2 Å². The van der Waals surface area contributed by atoms with Crippen molar-refractivity contribution in [2.45, 2.75) is 18.7 Å². The maximum atomic E-state index is 12.5. The van der Waals surface area contributed by atoms with Crippen molar-refractivity contribution < 1.29 is 13.2 Å². The van der Waals surface area contributed by atoms with Gasteiger partial charge in [0, 0.05) is 23.3 Å². The number of hydrogen-bond donors (Lipinski definition) is 0. The maximum absolute atomic E-state index is 12.5. The number of aromatic nitrogens is 2. The molecule has 0 aliphatic carbocycles. The average Bonchev–Trinajstić information content (AvgIpc) is 2.89. The van der Waals surface area contributed by atoms with Crippen molar-refractivity contribution in [3.8, 4) is 0 Å². The van der Waals surface area contributed by atoms with Gasteiger partial charge in [-0.15, -0.1) is 11.6 Å². The zero-order valence-corrected chi connectivity index (χ0v) is 14.7. The summed E-state index contributed by atoms with van der Waals surface area (Å²) in [7, 11) is -4.11. The smallest absolute Gasteiger partial charge is 0.273 e. The van der Waals surface area contributed by atoms with Crippen LogP contribution >= 0.6 is 23.2 Å². The number of alkyl halides is 1. The van der Waals surface area contributed by atoms with Crippen LogP contribution in [0.3, 0.4) is 0 Å². The summed E-state index contributed by atoms with van der Waals surface area (Å²) in [5, 5.41) is 0.368. The summed E-state index contributed by atoms with van der Waals surface area (Å²) in [5.74, 6) is -0.588. The maximum Gasteiger partial charge on any atom is 0.349 e. The topological polar surface area (TPSA) is 78.1 Å². The molecule has 0 fully saturated rings. The lowest BCUT2D eigenvalue weighted by atomic mass is 9.95. The highest BCUT2D eigenvalue weighted by Gasteiger charge is 2.31. The van der Waals surface area contributed by atoms with Crippen molar-refractivity contribution in [2.75, 3.05) is 5.88 Å². The highest BCUT2D eigenvalue weighted by molar-refractivity contribution is 7.90. The predicted octanol–water partition coefficient (Wildman–Crippen LogP) is 2.45. The Balaban J connectivity index is 2.53. The van der Waals surface area contributed by atoms with Crippen LogP contribution in [0.5, 0.6) is 0 Å². The van der Waals surface area contributed by atoms with Crippen LogP contribution in [-0.4, -0.2) is 28.7 Å². The first-order valence-electron chi connectivity index (χ1n) is 6.53. The van der Waals surface area contributed by atoms with Crippen LogP contribution < -0.4 is 5.69 Å². The van der Waals surface area contributed by atoms with E-state index in [1.165, 1.54) is 24.3 Å². The van der Waals surface area contributed by atoms with Crippen LogP contribution in [0.15, 0.2) is 46.3 Å². The standard InChI is InChI=1S/C14H14Cl2N2O4S/c1-14(2,9-15)12(19)17-7-8-18(13(17)20)23(21,22)11-5-3-10(16)4-6-11/h3-8H,9H2,1-2H3. The molecule has 124 valence electrons. The number of hydrogen-bond acceptors (Lipinski definition) is 4. The molecule has 0 radical (unpaired) electrons. The van der Waals surface area contributed by atoms with Gasteiger partial charge in [-0.1, -0.05) is 11.6 Å². The van der Waals surface area contributed by atoms with Crippen molar-refractivity contribution >= 4 is 39.1 Å². The van der Waals surface area contributed by atoms with Gasteiger partial charge in [-0.3, -0.25) is 4.79 Å². The van der Waals surface area contributed by atoms with E-state index in [2.05, 4.69) is 0 Å². The fraction of sp³-hybridized carbons (Fsp3) is 0.286. The van der Waals surface area contributed by atoms with Gasteiger partial charge in [0.15, 0.2) is 0 Å². The Morgan fingerprint density at radius 3 is 2.26 bits per heavy atom. The van der Waals surface area contributed by atoms with Crippen LogP contribution in [0.2, 0.25) is 5.02 Å². The van der Waals surface area contributed by atoms with Gasteiger partial charge < -0.3 is 0 Å². The minimum Gasteiger partial charge on any atom is -0.273 e. The SMILES string of the molecule is CC(C)(CCl)C(=O)n1ccn(S(=O)(=O)c2ccc(Cl)cc2)c1=O. The van der Waals surface area contributed by atoms with Gasteiger partial charge in [-0.25, -0.2) is 17.8 Å². The van der Waals surface area contributed by atoms with Crippen LogP contribution in [0.4, 0.5) is 0 Å². The van der Waals surface area contributed by atoms with Crippen molar-refractivity contribution in [1.82, 2.24) is 8.54 Å². The molecule has 0 unspecified atom stereocenters. The lowest BCUT2D eigenvalue weighted by Crippen LogP contribution is -2.39. The molecule has 0 atom stereocenters. The first kappa shape index (κ1) is 17.8. The summed E-state index contributed by atoms with van der Waals surface area (Å²) in [4.78, 5) is 24.5. The summed E-state index contributed by atoms with van der Waals surface area (Å²) in [6, 6.07) is 5.37. The molecule has 0 amide bonds. The minimum absolute atomic E-state index is 0.00656. The van der Waals surface area contributed by atoms with E-state index < -0.39 is 27.0 Å². The Morgan fingerprint density at radius 1 is 1.17 bits per heavy atom. The molecule has 6 nitrogen and oxygen atoms in total. The first-order valence-corrected chi connectivity index (χ1v) is 8.88. The Bertz CT molecular complexity index is 896. The normalized spacial score (nSPS) is 12.3. The molecule has 0 aliphatic rings. The zero-order chi connectivity index (χ0) is 17.4. The highest BCUT2D eigenvalue weighted by Crippen LogP contribution is 2.20. The van der Waals surface area contributed by atoms with Gasteiger partial charge in [0.25, 0.3) is 10.0 Å².